The summed E-state index contributed by atoms with van der Waals surface area (Å²) in [6, 6.07) is 7.40. The maximum absolute atomic E-state index is 13.0. The van der Waals surface area contributed by atoms with Crippen molar-refractivity contribution in [1.82, 2.24) is 10.2 Å². The molecule has 0 aliphatic carbocycles. The number of hydrogen-bond acceptors (Lipinski definition) is 4. The van der Waals surface area contributed by atoms with Gasteiger partial charge < -0.3 is 10.2 Å². The van der Waals surface area contributed by atoms with Crippen LogP contribution >= 0.6 is 0 Å². The molecule has 1 N–H and O–H groups in total. The van der Waals surface area contributed by atoms with Crippen molar-refractivity contribution in [3.63, 3.8) is 0 Å². The molecule has 0 spiro atoms. The number of carbonyl (C=O) groups excluding carboxylic acids is 2. The lowest BCUT2D eigenvalue weighted by molar-refractivity contribution is -0.149. The van der Waals surface area contributed by atoms with E-state index in [1.165, 1.54) is 4.90 Å². The van der Waals surface area contributed by atoms with E-state index >= 15 is 0 Å². The molecule has 1 unspecified atom stereocenters. The second kappa shape index (κ2) is 7.78. The zero-order valence-electron chi connectivity index (χ0n) is 15.9. The van der Waals surface area contributed by atoms with Gasteiger partial charge in [-0.05, 0) is 45.2 Å². The molecule has 1 atom stereocenters. The van der Waals surface area contributed by atoms with E-state index < -0.39 is 15.3 Å². The quantitative estimate of drug-likeness (QED) is 0.761. The first-order valence-corrected chi connectivity index (χ1v) is 10.7. The summed E-state index contributed by atoms with van der Waals surface area (Å²) in [4.78, 5) is 27.2. The molecule has 1 aliphatic heterocycles. The topological polar surface area (TPSA) is 83.6 Å². The molecular weight excluding hydrogens is 352 g/mol. The fourth-order valence-electron chi connectivity index (χ4n) is 3.25. The molecule has 1 heterocycles. The van der Waals surface area contributed by atoms with Crippen molar-refractivity contribution in [2.24, 2.45) is 5.41 Å². The van der Waals surface area contributed by atoms with Gasteiger partial charge in [-0.25, -0.2) is 8.42 Å². The zero-order valence-corrected chi connectivity index (χ0v) is 16.7. The lowest BCUT2D eigenvalue weighted by Crippen LogP contribution is -2.52. The van der Waals surface area contributed by atoms with Gasteiger partial charge in [0.15, 0.2) is 9.84 Å². The van der Waals surface area contributed by atoms with E-state index in [-0.39, 0.29) is 29.4 Å². The Bertz CT molecular complexity index is 786. The maximum Gasteiger partial charge on any atom is 0.237 e. The molecule has 0 aromatic heterocycles. The van der Waals surface area contributed by atoms with Crippen molar-refractivity contribution >= 4 is 21.7 Å². The molecule has 2 rings (SSSR count). The summed E-state index contributed by atoms with van der Waals surface area (Å²) in [7, 11) is -3.10. The van der Waals surface area contributed by atoms with E-state index in [9.17, 15) is 18.0 Å². The van der Waals surface area contributed by atoms with Crippen LogP contribution in [-0.2, 0) is 26.0 Å². The molecule has 6 nitrogen and oxygen atoms in total. The molecule has 0 saturated carbocycles. The summed E-state index contributed by atoms with van der Waals surface area (Å²) < 4.78 is 23.5. The predicted octanol–water partition coefficient (Wildman–Crippen LogP) is 1.67. The van der Waals surface area contributed by atoms with Gasteiger partial charge in [-0.2, -0.15) is 0 Å². The first kappa shape index (κ1) is 20.4. The summed E-state index contributed by atoms with van der Waals surface area (Å²) >= 11 is 0. The molecular formula is C19H28N2O4S. The Kier molecular flexibility index (Phi) is 6.11. The van der Waals surface area contributed by atoms with Crippen LogP contribution in [0, 0.1) is 12.3 Å². The van der Waals surface area contributed by atoms with Crippen LogP contribution in [0.25, 0.3) is 0 Å². The molecule has 1 aromatic carbocycles. The van der Waals surface area contributed by atoms with Gasteiger partial charge in [0.05, 0.1) is 11.5 Å². The van der Waals surface area contributed by atoms with Gasteiger partial charge in [-0.3, -0.25) is 9.59 Å². The smallest absolute Gasteiger partial charge is 0.237 e. The minimum atomic E-state index is -3.10. The first-order valence-electron chi connectivity index (χ1n) is 8.93. The number of aryl methyl sites for hydroxylation is 1. The van der Waals surface area contributed by atoms with E-state index in [0.29, 0.717) is 19.5 Å². The summed E-state index contributed by atoms with van der Waals surface area (Å²) in [5, 5.41) is 2.84. The van der Waals surface area contributed by atoms with Crippen LogP contribution in [0.2, 0.25) is 0 Å². The standard InChI is InChI=1S/C19H28N2O4S/c1-5-21(16-10-11-26(24,25)13-16)18(23)19(3,4)17(22)20-12-15-9-7-6-8-14(15)2/h6-9,16H,5,10-13H2,1-4H3,(H,20,22). The molecule has 144 valence electrons. The van der Waals surface area contributed by atoms with Crippen molar-refractivity contribution in [2.45, 2.75) is 46.7 Å². The lowest BCUT2D eigenvalue weighted by atomic mass is 9.89. The lowest BCUT2D eigenvalue weighted by Gasteiger charge is -2.34. The Morgan fingerprint density at radius 1 is 1.27 bits per heavy atom. The van der Waals surface area contributed by atoms with Crippen molar-refractivity contribution in [2.75, 3.05) is 18.1 Å². The van der Waals surface area contributed by atoms with Crippen LogP contribution in [0.15, 0.2) is 24.3 Å². The molecule has 0 bridgehead atoms. The molecule has 1 aromatic rings. The number of hydrogen-bond donors (Lipinski definition) is 1. The van der Waals surface area contributed by atoms with Gasteiger partial charge >= 0.3 is 0 Å². The van der Waals surface area contributed by atoms with Gasteiger partial charge in [0, 0.05) is 19.1 Å². The fraction of sp³-hybridized carbons (Fsp3) is 0.579. The predicted molar refractivity (Wildman–Crippen MR) is 101 cm³/mol. The van der Waals surface area contributed by atoms with Gasteiger partial charge in [-0.1, -0.05) is 24.3 Å². The Hall–Kier alpha value is -1.89. The number of amides is 2. The van der Waals surface area contributed by atoms with Crippen LogP contribution in [0.1, 0.15) is 38.3 Å². The SMILES string of the molecule is CCN(C(=O)C(C)(C)C(=O)NCc1ccccc1C)C1CCS(=O)(=O)C1. The maximum atomic E-state index is 13.0. The van der Waals surface area contributed by atoms with Gasteiger partial charge in [-0.15, -0.1) is 0 Å². The number of rotatable bonds is 6. The zero-order chi connectivity index (χ0) is 19.5. The normalized spacial score (nSPS) is 19.2. The number of nitrogens with one attached hydrogen (secondary N) is 1. The molecule has 26 heavy (non-hydrogen) atoms. The highest BCUT2D eigenvalue weighted by Gasteiger charge is 2.43. The Morgan fingerprint density at radius 3 is 2.46 bits per heavy atom. The summed E-state index contributed by atoms with van der Waals surface area (Å²) in [6.07, 6.45) is 0.433. The summed E-state index contributed by atoms with van der Waals surface area (Å²) in [6.45, 7) is 7.70. The monoisotopic (exact) mass is 380 g/mol. The van der Waals surface area contributed by atoms with Crippen LogP contribution in [0.3, 0.4) is 0 Å². The van der Waals surface area contributed by atoms with E-state index in [2.05, 4.69) is 5.32 Å². The largest absolute Gasteiger partial charge is 0.351 e. The van der Waals surface area contributed by atoms with E-state index in [4.69, 9.17) is 0 Å². The summed E-state index contributed by atoms with van der Waals surface area (Å²) in [5.74, 6) is -0.607. The van der Waals surface area contributed by atoms with Crippen molar-refractivity contribution in [3.8, 4) is 0 Å². The highest BCUT2D eigenvalue weighted by Crippen LogP contribution is 2.25. The highest BCUT2D eigenvalue weighted by atomic mass is 32.2. The van der Waals surface area contributed by atoms with Crippen LogP contribution in [0.5, 0.6) is 0 Å². The second-order valence-electron chi connectivity index (χ2n) is 7.38. The number of carbonyl (C=O) groups is 2. The van der Waals surface area contributed by atoms with Gasteiger partial charge in [0.25, 0.3) is 0 Å². The number of benzene rings is 1. The molecule has 2 amide bonds. The van der Waals surface area contributed by atoms with Crippen molar-refractivity contribution in [3.05, 3.63) is 35.4 Å². The van der Waals surface area contributed by atoms with Crippen LogP contribution < -0.4 is 5.32 Å². The van der Waals surface area contributed by atoms with Gasteiger partial charge in [0.1, 0.15) is 5.41 Å². The number of sulfone groups is 1. The minimum absolute atomic E-state index is 0.0203. The van der Waals surface area contributed by atoms with Crippen LogP contribution in [0.4, 0.5) is 0 Å². The van der Waals surface area contributed by atoms with Crippen molar-refractivity contribution in [1.29, 1.82) is 0 Å². The van der Waals surface area contributed by atoms with Crippen molar-refractivity contribution < 1.29 is 18.0 Å². The molecule has 1 aliphatic rings. The highest BCUT2D eigenvalue weighted by molar-refractivity contribution is 7.91. The Morgan fingerprint density at radius 2 is 1.92 bits per heavy atom. The Balaban J connectivity index is 2.07. The first-order chi connectivity index (χ1) is 12.1. The van der Waals surface area contributed by atoms with E-state index in [1.54, 1.807) is 13.8 Å². The molecule has 1 fully saturated rings. The average molecular weight is 381 g/mol. The third-order valence-electron chi connectivity index (χ3n) is 5.05. The Labute approximate surface area is 155 Å². The van der Waals surface area contributed by atoms with E-state index in [1.807, 2.05) is 38.1 Å². The third kappa shape index (κ3) is 4.44. The second-order valence-corrected chi connectivity index (χ2v) is 9.61. The number of nitrogens with zero attached hydrogens (tertiary/aromatic N) is 1. The average Bonchev–Trinajstić information content (AvgIpc) is 2.94. The molecule has 7 heteroatoms. The fourth-order valence-corrected chi connectivity index (χ4v) is 4.98. The summed E-state index contributed by atoms with van der Waals surface area (Å²) in [5.41, 5.74) is 0.812. The molecule has 1 saturated heterocycles. The van der Waals surface area contributed by atoms with Gasteiger partial charge in [0.2, 0.25) is 11.8 Å². The van der Waals surface area contributed by atoms with E-state index in [0.717, 1.165) is 11.1 Å². The molecule has 0 radical (unpaired) electrons. The minimum Gasteiger partial charge on any atom is -0.351 e. The van der Waals surface area contributed by atoms with Crippen LogP contribution in [-0.4, -0.2) is 49.2 Å². The third-order valence-corrected chi connectivity index (χ3v) is 6.80.